The van der Waals surface area contributed by atoms with E-state index < -0.39 is 0 Å². The molecule has 0 unspecified atom stereocenters. The van der Waals surface area contributed by atoms with Gasteiger partial charge < -0.3 is 9.84 Å². The molecule has 0 saturated heterocycles. The molecule has 0 amide bonds. The molecule has 0 heterocycles. The van der Waals surface area contributed by atoms with Gasteiger partial charge in [0.15, 0.2) is 0 Å². The van der Waals surface area contributed by atoms with E-state index in [1.54, 1.807) is 6.07 Å². The topological polar surface area (TPSA) is 29.5 Å². The van der Waals surface area contributed by atoms with Crippen molar-refractivity contribution in [2.45, 2.75) is 19.8 Å². The van der Waals surface area contributed by atoms with Crippen molar-refractivity contribution >= 4 is 0 Å². The molecule has 0 aromatic heterocycles. The van der Waals surface area contributed by atoms with Gasteiger partial charge in [0.05, 0.1) is 6.61 Å². The predicted octanol–water partition coefficient (Wildman–Crippen LogP) is 3.58. The Morgan fingerprint density at radius 3 is 2.61 bits per heavy atom. The van der Waals surface area contributed by atoms with Crippen molar-refractivity contribution in [3.05, 3.63) is 59.7 Å². The molecule has 0 atom stereocenters. The Balaban J connectivity index is 2.02. The second kappa shape index (κ2) is 6.10. The third kappa shape index (κ3) is 3.27. The summed E-state index contributed by atoms with van der Waals surface area (Å²) in [6, 6.07) is 15.6. The summed E-state index contributed by atoms with van der Waals surface area (Å²) in [7, 11) is 0. The number of benzene rings is 2. The fourth-order valence-electron chi connectivity index (χ4n) is 1.96. The molecule has 2 heteroatoms. The molecule has 2 aromatic carbocycles. The molecule has 0 aliphatic carbocycles. The first-order valence-corrected chi connectivity index (χ1v) is 6.28. The zero-order valence-corrected chi connectivity index (χ0v) is 10.6. The second-order valence-electron chi connectivity index (χ2n) is 4.21. The van der Waals surface area contributed by atoms with Gasteiger partial charge in [-0.05, 0) is 49.1 Å². The van der Waals surface area contributed by atoms with Crippen molar-refractivity contribution in [1.82, 2.24) is 0 Å². The van der Waals surface area contributed by atoms with Crippen LogP contribution in [0.2, 0.25) is 0 Å². The zero-order valence-electron chi connectivity index (χ0n) is 10.6. The Bertz CT molecular complexity index is 506. The summed E-state index contributed by atoms with van der Waals surface area (Å²) < 4.78 is 5.47. The molecule has 2 aromatic rings. The third-order valence-electron chi connectivity index (χ3n) is 2.88. The van der Waals surface area contributed by atoms with Crippen LogP contribution in [0.4, 0.5) is 0 Å². The molecule has 18 heavy (non-hydrogen) atoms. The average Bonchev–Trinajstić information content (AvgIpc) is 2.39. The lowest BCUT2D eigenvalue weighted by Crippen LogP contribution is -1.95. The summed E-state index contributed by atoms with van der Waals surface area (Å²) in [4.78, 5) is 0. The maximum atomic E-state index is 9.70. The summed E-state index contributed by atoms with van der Waals surface area (Å²) in [5.41, 5.74) is 2.21. The number of aryl methyl sites for hydroxylation is 2. The molecule has 0 spiro atoms. The SMILES string of the molecule is CCOc1cccc(CCc2ccccc2O)c1. The molecular formula is C16H18O2. The van der Waals surface area contributed by atoms with Crippen molar-refractivity contribution in [2.75, 3.05) is 6.61 Å². The summed E-state index contributed by atoms with van der Waals surface area (Å²) in [5.74, 6) is 1.28. The van der Waals surface area contributed by atoms with E-state index in [1.807, 2.05) is 37.3 Å². The van der Waals surface area contributed by atoms with Crippen molar-refractivity contribution < 1.29 is 9.84 Å². The van der Waals surface area contributed by atoms with Crippen LogP contribution < -0.4 is 4.74 Å². The largest absolute Gasteiger partial charge is 0.508 e. The molecule has 2 rings (SSSR count). The van der Waals surface area contributed by atoms with Crippen LogP contribution in [0.1, 0.15) is 18.1 Å². The number of aromatic hydroxyl groups is 1. The Labute approximate surface area is 108 Å². The monoisotopic (exact) mass is 242 g/mol. The summed E-state index contributed by atoms with van der Waals surface area (Å²) in [5, 5.41) is 9.70. The van der Waals surface area contributed by atoms with Crippen LogP contribution in [0.3, 0.4) is 0 Å². The van der Waals surface area contributed by atoms with E-state index in [-0.39, 0.29) is 0 Å². The molecule has 0 saturated carbocycles. The standard InChI is InChI=1S/C16H18O2/c1-2-18-15-8-5-6-13(12-15)10-11-14-7-3-4-9-16(14)17/h3-9,12,17H,2,10-11H2,1H3. The average molecular weight is 242 g/mol. The van der Waals surface area contributed by atoms with Crippen molar-refractivity contribution in [3.63, 3.8) is 0 Å². The number of phenols is 1. The highest BCUT2D eigenvalue weighted by atomic mass is 16.5. The molecule has 0 aliphatic rings. The molecule has 0 fully saturated rings. The van der Waals surface area contributed by atoms with Gasteiger partial charge in [0.25, 0.3) is 0 Å². The normalized spacial score (nSPS) is 10.3. The van der Waals surface area contributed by atoms with Gasteiger partial charge in [-0.15, -0.1) is 0 Å². The highest BCUT2D eigenvalue weighted by Gasteiger charge is 2.01. The number of rotatable bonds is 5. The summed E-state index contributed by atoms with van der Waals surface area (Å²) in [6.45, 7) is 2.66. The van der Waals surface area contributed by atoms with E-state index in [0.717, 1.165) is 24.2 Å². The predicted molar refractivity (Wildman–Crippen MR) is 73.1 cm³/mol. The highest BCUT2D eigenvalue weighted by molar-refractivity contribution is 5.34. The van der Waals surface area contributed by atoms with Gasteiger partial charge in [-0.25, -0.2) is 0 Å². The fourth-order valence-corrected chi connectivity index (χ4v) is 1.96. The number of para-hydroxylation sites is 1. The summed E-state index contributed by atoms with van der Waals surface area (Å²) in [6.07, 6.45) is 1.74. The number of ether oxygens (including phenoxy) is 1. The van der Waals surface area contributed by atoms with E-state index in [9.17, 15) is 5.11 Å². The second-order valence-corrected chi connectivity index (χ2v) is 4.21. The Kier molecular flexibility index (Phi) is 4.24. The molecule has 0 radical (unpaired) electrons. The minimum absolute atomic E-state index is 0.374. The molecule has 94 valence electrons. The first kappa shape index (κ1) is 12.5. The van der Waals surface area contributed by atoms with Gasteiger partial charge in [-0.3, -0.25) is 0 Å². The lowest BCUT2D eigenvalue weighted by molar-refractivity contribution is 0.340. The van der Waals surface area contributed by atoms with Crippen molar-refractivity contribution in [3.8, 4) is 11.5 Å². The fraction of sp³-hybridized carbons (Fsp3) is 0.250. The van der Waals surface area contributed by atoms with E-state index in [1.165, 1.54) is 5.56 Å². The van der Waals surface area contributed by atoms with Gasteiger partial charge in [0, 0.05) is 0 Å². The van der Waals surface area contributed by atoms with Crippen LogP contribution in [0.5, 0.6) is 11.5 Å². The molecule has 0 aliphatic heterocycles. The first-order chi connectivity index (χ1) is 8.79. The Morgan fingerprint density at radius 1 is 1.00 bits per heavy atom. The molecule has 0 bridgehead atoms. The van der Waals surface area contributed by atoms with Crippen LogP contribution in [-0.2, 0) is 12.8 Å². The third-order valence-corrected chi connectivity index (χ3v) is 2.88. The first-order valence-electron chi connectivity index (χ1n) is 6.28. The van der Waals surface area contributed by atoms with E-state index >= 15 is 0 Å². The molecule has 1 N–H and O–H groups in total. The summed E-state index contributed by atoms with van der Waals surface area (Å²) >= 11 is 0. The van der Waals surface area contributed by atoms with Crippen molar-refractivity contribution in [2.24, 2.45) is 0 Å². The minimum Gasteiger partial charge on any atom is -0.508 e. The van der Waals surface area contributed by atoms with E-state index in [0.29, 0.717) is 12.4 Å². The van der Waals surface area contributed by atoms with Crippen LogP contribution in [0, 0.1) is 0 Å². The van der Waals surface area contributed by atoms with Crippen LogP contribution >= 0.6 is 0 Å². The smallest absolute Gasteiger partial charge is 0.119 e. The lowest BCUT2D eigenvalue weighted by atomic mass is 10.0. The van der Waals surface area contributed by atoms with E-state index in [2.05, 4.69) is 12.1 Å². The van der Waals surface area contributed by atoms with Gasteiger partial charge in [-0.1, -0.05) is 30.3 Å². The Morgan fingerprint density at radius 2 is 1.83 bits per heavy atom. The number of phenolic OH excluding ortho intramolecular Hbond substituents is 1. The quantitative estimate of drug-likeness (QED) is 0.868. The zero-order chi connectivity index (χ0) is 12.8. The van der Waals surface area contributed by atoms with Gasteiger partial charge >= 0.3 is 0 Å². The van der Waals surface area contributed by atoms with Gasteiger partial charge in [-0.2, -0.15) is 0 Å². The number of hydrogen-bond donors (Lipinski definition) is 1. The minimum atomic E-state index is 0.374. The van der Waals surface area contributed by atoms with Crippen LogP contribution in [-0.4, -0.2) is 11.7 Å². The van der Waals surface area contributed by atoms with Gasteiger partial charge in [0.2, 0.25) is 0 Å². The lowest BCUT2D eigenvalue weighted by Gasteiger charge is -2.07. The molecule has 2 nitrogen and oxygen atoms in total. The maximum Gasteiger partial charge on any atom is 0.119 e. The van der Waals surface area contributed by atoms with Crippen LogP contribution in [0.15, 0.2) is 48.5 Å². The molecular weight excluding hydrogens is 224 g/mol. The van der Waals surface area contributed by atoms with Gasteiger partial charge in [0.1, 0.15) is 11.5 Å². The highest BCUT2D eigenvalue weighted by Crippen LogP contribution is 2.19. The number of hydrogen-bond acceptors (Lipinski definition) is 2. The van der Waals surface area contributed by atoms with Crippen LogP contribution in [0.25, 0.3) is 0 Å². The van der Waals surface area contributed by atoms with E-state index in [4.69, 9.17) is 4.74 Å². The maximum absolute atomic E-state index is 9.70. The van der Waals surface area contributed by atoms with Crippen molar-refractivity contribution in [1.29, 1.82) is 0 Å². The Hall–Kier alpha value is -1.96.